The molecule has 4 nitrogen and oxygen atoms in total. The van der Waals surface area contributed by atoms with Crippen LogP contribution in [0.2, 0.25) is 0 Å². The van der Waals surface area contributed by atoms with Gasteiger partial charge in [0.05, 0.1) is 0 Å². The molecular formula is C15H29N3O. The van der Waals surface area contributed by atoms with Crippen LogP contribution in [0.3, 0.4) is 0 Å². The second-order valence-corrected chi connectivity index (χ2v) is 5.84. The minimum Gasteiger partial charge on any atom is -0.343 e. The van der Waals surface area contributed by atoms with E-state index in [1.54, 1.807) is 0 Å². The lowest BCUT2D eigenvalue weighted by molar-refractivity contribution is -0.131. The molecule has 1 N–H and O–H groups in total. The Morgan fingerprint density at radius 1 is 0.895 bits per heavy atom. The number of carbonyl (C=O) groups is 1. The molecule has 110 valence electrons. The highest BCUT2D eigenvalue weighted by Gasteiger charge is 2.15. The lowest BCUT2D eigenvalue weighted by Gasteiger charge is -2.26. The van der Waals surface area contributed by atoms with Gasteiger partial charge < -0.3 is 15.1 Å². The minimum atomic E-state index is 0.340. The average molecular weight is 267 g/mol. The number of nitrogens with one attached hydrogen (secondary N) is 1. The maximum Gasteiger partial charge on any atom is 0.223 e. The molecule has 2 aliphatic heterocycles. The molecule has 0 spiro atoms. The van der Waals surface area contributed by atoms with Crippen LogP contribution in [0.1, 0.15) is 44.9 Å². The smallest absolute Gasteiger partial charge is 0.223 e. The molecule has 0 aromatic carbocycles. The first-order chi connectivity index (χ1) is 9.36. The monoisotopic (exact) mass is 267 g/mol. The fourth-order valence-electron chi connectivity index (χ4n) is 3.06. The third kappa shape index (κ3) is 5.49. The van der Waals surface area contributed by atoms with Crippen LogP contribution in [0.4, 0.5) is 0 Å². The van der Waals surface area contributed by atoms with Crippen LogP contribution in [-0.2, 0) is 4.79 Å². The van der Waals surface area contributed by atoms with Crippen molar-refractivity contribution in [1.29, 1.82) is 0 Å². The minimum absolute atomic E-state index is 0.340. The van der Waals surface area contributed by atoms with Crippen molar-refractivity contribution in [2.75, 3.05) is 45.8 Å². The zero-order chi connectivity index (χ0) is 13.3. The van der Waals surface area contributed by atoms with Gasteiger partial charge in [0.1, 0.15) is 0 Å². The molecule has 1 amide bonds. The first-order valence-corrected chi connectivity index (χ1v) is 8.07. The Kier molecular flexibility index (Phi) is 6.65. The molecule has 0 unspecified atom stereocenters. The van der Waals surface area contributed by atoms with Gasteiger partial charge in [0, 0.05) is 26.1 Å². The van der Waals surface area contributed by atoms with Crippen LogP contribution in [0.25, 0.3) is 0 Å². The number of likely N-dealkylation sites (tertiary alicyclic amines) is 2. The van der Waals surface area contributed by atoms with E-state index in [-0.39, 0.29) is 0 Å². The van der Waals surface area contributed by atoms with E-state index in [0.29, 0.717) is 12.3 Å². The topological polar surface area (TPSA) is 35.6 Å². The van der Waals surface area contributed by atoms with E-state index in [0.717, 1.165) is 26.2 Å². The first-order valence-electron chi connectivity index (χ1n) is 8.07. The van der Waals surface area contributed by atoms with E-state index < -0.39 is 0 Å². The molecule has 2 aliphatic rings. The van der Waals surface area contributed by atoms with E-state index in [4.69, 9.17) is 0 Å². The van der Waals surface area contributed by atoms with Gasteiger partial charge in [0.25, 0.3) is 0 Å². The summed E-state index contributed by atoms with van der Waals surface area (Å²) in [4.78, 5) is 16.5. The fraction of sp³-hybridized carbons (Fsp3) is 0.933. The van der Waals surface area contributed by atoms with Gasteiger partial charge in [-0.3, -0.25) is 4.79 Å². The Bertz CT molecular complexity index is 258. The lowest BCUT2D eigenvalue weighted by atomic mass is 10.1. The van der Waals surface area contributed by atoms with Gasteiger partial charge in [-0.2, -0.15) is 0 Å². The number of piperidine rings is 1. The van der Waals surface area contributed by atoms with Crippen molar-refractivity contribution in [2.24, 2.45) is 0 Å². The van der Waals surface area contributed by atoms with E-state index >= 15 is 0 Å². The standard InChI is InChI=1S/C15H29N3O/c19-15(18-13-2-1-3-14-18)7-9-16-8-6-12-17-10-4-5-11-17/h16H,1-14H2. The summed E-state index contributed by atoms with van der Waals surface area (Å²) >= 11 is 0. The largest absolute Gasteiger partial charge is 0.343 e. The van der Waals surface area contributed by atoms with Crippen molar-refractivity contribution in [3.05, 3.63) is 0 Å². The van der Waals surface area contributed by atoms with Crippen molar-refractivity contribution in [2.45, 2.75) is 44.9 Å². The second kappa shape index (κ2) is 8.54. The molecule has 0 bridgehead atoms. The van der Waals surface area contributed by atoms with Gasteiger partial charge in [-0.15, -0.1) is 0 Å². The van der Waals surface area contributed by atoms with E-state index in [2.05, 4.69) is 10.2 Å². The van der Waals surface area contributed by atoms with Crippen molar-refractivity contribution >= 4 is 5.91 Å². The van der Waals surface area contributed by atoms with Crippen LogP contribution < -0.4 is 5.32 Å². The Morgan fingerprint density at radius 2 is 1.58 bits per heavy atom. The Hall–Kier alpha value is -0.610. The van der Waals surface area contributed by atoms with Gasteiger partial charge >= 0.3 is 0 Å². The third-order valence-electron chi connectivity index (χ3n) is 4.25. The van der Waals surface area contributed by atoms with Gasteiger partial charge in [0.15, 0.2) is 0 Å². The SMILES string of the molecule is O=C(CCNCCCN1CCCC1)N1CCCCC1. The zero-order valence-electron chi connectivity index (χ0n) is 12.2. The van der Waals surface area contributed by atoms with Gasteiger partial charge in [-0.1, -0.05) is 0 Å². The summed E-state index contributed by atoms with van der Waals surface area (Å²) in [6.45, 7) is 7.63. The number of rotatable bonds is 7. The van der Waals surface area contributed by atoms with Crippen LogP contribution in [0.15, 0.2) is 0 Å². The average Bonchev–Trinajstić information content (AvgIpc) is 2.96. The Morgan fingerprint density at radius 3 is 2.32 bits per heavy atom. The van der Waals surface area contributed by atoms with Gasteiger partial charge in [0.2, 0.25) is 5.91 Å². The highest BCUT2D eigenvalue weighted by Crippen LogP contribution is 2.09. The predicted molar refractivity (Wildman–Crippen MR) is 78.2 cm³/mol. The molecule has 0 saturated carbocycles. The summed E-state index contributed by atoms with van der Waals surface area (Å²) in [6.07, 6.45) is 8.29. The summed E-state index contributed by atoms with van der Waals surface area (Å²) in [5.74, 6) is 0.340. The van der Waals surface area contributed by atoms with Gasteiger partial charge in [-0.25, -0.2) is 0 Å². The Balaban J connectivity index is 1.43. The summed E-state index contributed by atoms with van der Waals surface area (Å²) in [6, 6.07) is 0. The molecular weight excluding hydrogens is 238 g/mol. The van der Waals surface area contributed by atoms with Crippen LogP contribution in [0, 0.1) is 0 Å². The predicted octanol–water partition coefficient (Wildman–Crippen LogP) is 1.46. The molecule has 2 rings (SSSR count). The molecule has 19 heavy (non-hydrogen) atoms. The quantitative estimate of drug-likeness (QED) is 0.710. The normalized spacial score (nSPS) is 20.9. The summed E-state index contributed by atoms with van der Waals surface area (Å²) < 4.78 is 0. The number of hydrogen-bond donors (Lipinski definition) is 1. The van der Waals surface area contributed by atoms with Crippen LogP contribution in [-0.4, -0.2) is 61.5 Å². The Labute approximate surface area is 117 Å². The van der Waals surface area contributed by atoms with E-state index in [1.165, 1.54) is 58.2 Å². The molecule has 4 heteroatoms. The highest BCUT2D eigenvalue weighted by molar-refractivity contribution is 5.76. The first kappa shape index (κ1) is 14.8. The summed E-state index contributed by atoms with van der Waals surface area (Å²) in [7, 11) is 0. The number of carbonyl (C=O) groups excluding carboxylic acids is 1. The molecule has 2 heterocycles. The van der Waals surface area contributed by atoms with E-state index in [1.807, 2.05) is 4.90 Å². The maximum atomic E-state index is 11.9. The highest BCUT2D eigenvalue weighted by atomic mass is 16.2. The number of nitrogens with zero attached hydrogens (tertiary/aromatic N) is 2. The molecule has 2 fully saturated rings. The molecule has 2 saturated heterocycles. The van der Waals surface area contributed by atoms with E-state index in [9.17, 15) is 4.79 Å². The molecule has 0 aromatic rings. The zero-order valence-corrected chi connectivity index (χ0v) is 12.2. The van der Waals surface area contributed by atoms with Crippen molar-refractivity contribution in [3.8, 4) is 0 Å². The van der Waals surface area contributed by atoms with Crippen molar-refractivity contribution in [3.63, 3.8) is 0 Å². The van der Waals surface area contributed by atoms with Crippen molar-refractivity contribution < 1.29 is 4.79 Å². The molecule has 0 radical (unpaired) electrons. The second-order valence-electron chi connectivity index (χ2n) is 5.84. The molecule has 0 aliphatic carbocycles. The molecule has 0 aromatic heterocycles. The lowest BCUT2D eigenvalue weighted by Crippen LogP contribution is -2.37. The fourth-order valence-corrected chi connectivity index (χ4v) is 3.06. The van der Waals surface area contributed by atoms with Crippen LogP contribution >= 0.6 is 0 Å². The third-order valence-corrected chi connectivity index (χ3v) is 4.25. The summed E-state index contributed by atoms with van der Waals surface area (Å²) in [5.41, 5.74) is 0. The van der Waals surface area contributed by atoms with Crippen LogP contribution in [0.5, 0.6) is 0 Å². The van der Waals surface area contributed by atoms with Crippen molar-refractivity contribution in [1.82, 2.24) is 15.1 Å². The maximum absolute atomic E-state index is 11.9. The number of amides is 1. The summed E-state index contributed by atoms with van der Waals surface area (Å²) in [5, 5.41) is 3.41. The number of hydrogen-bond acceptors (Lipinski definition) is 3. The van der Waals surface area contributed by atoms with Gasteiger partial charge in [-0.05, 0) is 64.7 Å². The molecule has 0 atom stereocenters.